The Bertz CT molecular complexity index is 784. The molecule has 0 radical (unpaired) electrons. The van der Waals surface area contributed by atoms with Crippen molar-refractivity contribution >= 4 is 23.5 Å². The number of hydrogen-bond acceptors (Lipinski definition) is 4. The van der Waals surface area contributed by atoms with Crippen LogP contribution < -0.4 is 5.32 Å². The second-order valence-corrected chi connectivity index (χ2v) is 6.74. The zero-order chi connectivity index (χ0) is 17.9. The number of carboxylic acids is 1. The molecule has 8 heteroatoms. The Balaban J connectivity index is 1.70. The molecule has 1 aliphatic rings. The molecule has 1 aromatic heterocycles. The number of nitrogens with zero attached hydrogens (tertiary/aromatic N) is 3. The van der Waals surface area contributed by atoms with Gasteiger partial charge in [0, 0.05) is 6.54 Å². The molecule has 1 aliphatic carbocycles. The van der Waals surface area contributed by atoms with Gasteiger partial charge in [0.1, 0.15) is 0 Å². The smallest absolute Gasteiger partial charge is 0.311 e. The number of aliphatic carboxylic acids is 1. The molecule has 1 aromatic carbocycles. The molecule has 0 spiro atoms. The first-order chi connectivity index (χ1) is 12.0. The van der Waals surface area contributed by atoms with Crippen LogP contribution in [0.1, 0.15) is 42.6 Å². The van der Waals surface area contributed by atoms with Crippen LogP contribution in [0.4, 0.5) is 0 Å². The van der Waals surface area contributed by atoms with Crippen molar-refractivity contribution in [2.75, 3.05) is 6.54 Å². The minimum absolute atomic E-state index is 0.0973. The van der Waals surface area contributed by atoms with E-state index < -0.39 is 17.3 Å². The van der Waals surface area contributed by atoms with Crippen LogP contribution >= 0.6 is 11.6 Å². The fraction of sp³-hybridized carbons (Fsp3) is 0.412. The minimum atomic E-state index is -0.882. The Morgan fingerprint density at radius 1 is 1.24 bits per heavy atom. The standard InChI is InChI=1S/C17H19ClN4O3/c18-12-6-2-3-7-14(12)22-10-13(20-21-22)15(23)19-11-17(16(24)25)8-4-1-5-9-17/h2-3,6-7,10H,1,4-5,8-9,11H2,(H,19,23)(H,24,25). The average molecular weight is 363 g/mol. The third kappa shape index (κ3) is 3.66. The van der Waals surface area contributed by atoms with Gasteiger partial charge >= 0.3 is 5.97 Å². The third-order valence-corrected chi connectivity index (χ3v) is 5.00. The molecule has 3 rings (SSSR count). The molecule has 0 unspecified atom stereocenters. The highest BCUT2D eigenvalue weighted by Gasteiger charge is 2.39. The number of carbonyl (C=O) groups excluding carboxylic acids is 1. The number of amides is 1. The van der Waals surface area contributed by atoms with Crippen molar-refractivity contribution in [3.63, 3.8) is 0 Å². The molecule has 1 amide bonds. The summed E-state index contributed by atoms with van der Waals surface area (Å²) in [6.07, 6.45) is 5.40. The molecule has 1 heterocycles. The van der Waals surface area contributed by atoms with Gasteiger partial charge in [-0.3, -0.25) is 9.59 Å². The largest absolute Gasteiger partial charge is 0.481 e. The quantitative estimate of drug-likeness (QED) is 0.852. The summed E-state index contributed by atoms with van der Waals surface area (Å²) in [7, 11) is 0. The van der Waals surface area contributed by atoms with Crippen molar-refractivity contribution in [1.29, 1.82) is 0 Å². The molecule has 0 saturated heterocycles. The molecule has 0 bridgehead atoms. The van der Waals surface area contributed by atoms with E-state index in [1.54, 1.807) is 18.2 Å². The van der Waals surface area contributed by atoms with Gasteiger partial charge in [-0.2, -0.15) is 0 Å². The fourth-order valence-corrected chi connectivity index (χ4v) is 3.38. The maximum absolute atomic E-state index is 12.3. The monoisotopic (exact) mass is 362 g/mol. The molecule has 2 N–H and O–H groups in total. The molecular formula is C17H19ClN4O3. The summed E-state index contributed by atoms with van der Waals surface area (Å²) in [5, 5.41) is 20.5. The maximum Gasteiger partial charge on any atom is 0.311 e. The van der Waals surface area contributed by atoms with Crippen LogP contribution in [0.3, 0.4) is 0 Å². The molecule has 2 aromatic rings. The molecule has 0 aliphatic heterocycles. The van der Waals surface area contributed by atoms with Gasteiger partial charge in [0.2, 0.25) is 0 Å². The Hall–Kier alpha value is -2.41. The Morgan fingerprint density at radius 3 is 2.64 bits per heavy atom. The van der Waals surface area contributed by atoms with Crippen molar-refractivity contribution in [1.82, 2.24) is 20.3 Å². The van der Waals surface area contributed by atoms with Crippen molar-refractivity contribution < 1.29 is 14.7 Å². The van der Waals surface area contributed by atoms with Crippen LogP contribution in [0.25, 0.3) is 5.69 Å². The van der Waals surface area contributed by atoms with Gasteiger partial charge in [-0.15, -0.1) is 5.10 Å². The molecule has 1 fully saturated rings. The van der Waals surface area contributed by atoms with E-state index in [1.165, 1.54) is 10.9 Å². The van der Waals surface area contributed by atoms with E-state index in [0.717, 1.165) is 19.3 Å². The van der Waals surface area contributed by atoms with Gasteiger partial charge in [0.25, 0.3) is 5.91 Å². The Morgan fingerprint density at radius 2 is 1.96 bits per heavy atom. The van der Waals surface area contributed by atoms with Crippen LogP contribution in [0.5, 0.6) is 0 Å². The maximum atomic E-state index is 12.3. The van der Waals surface area contributed by atoms with Gasteiger partial charge in [-0.05, 0) is 25.0 Å². The number of para-hydroxylation sites is 1. The fourth-order valence-electron chi connectivity index (χ4n) is 3.16. The van der Waals surface area contributed by atoms with Crippen molar-refractivity contribution in [2.24, 2.45) is 5.41 Å². The van der Waals surface area contributed by atoms with Gasteiger partial charge in [-0.1, -0.05) is 48.2 Å². The van der Waals surface area contributed by atoms with E-state index in [0.29, 0.717) is 23.6 Å². The van der Waals surface area contributed by atoms with Gasteiger partial charge in [0.05, 0.1) is 22.3 Å². The topological polar surface area (TPSA) is 97.1 Å². The predicted molar refractivity (Wildman–Crippen MR) is 91.9 cm³/mol. The van der Waals surface area contributed by atoms with Crippen LogP contribution in [0, 0.1) is 5.41 Å². The van der Waals surface area contributed by atoms with E-state index in [-0.39, 0.29) is 12.2 Å². The number of carboxylic acid groups (broad SMARTS) is 1. The highest BCUT2D eigenvalue weighted by atomic mass is 35.5. The molecule has 0 atom stereocenters. The average Bonchev–Trinajstić information content (AvgIpc) is 3.10. The van der Waals surface area contributed by atoms with Crippen LogP contribution in [0.15, 0.2) is 30.5 Å². The summed E-state index contributed by atoms with van der Waals surface area (Å²) in [5.74, 6) is -1.29. The van der Waals surface area contributed by atoms with Gasteiger partial charge in [0.15, 0.2) is 5.69 Å². The molecule has 25 heavy (non-hydrogen) atoms. The third-order valence-electron chi connectivity index (χ3n) is 4.68. The lowest BCUT2D eigenvalue weighted by Gasteiger charge is -2.33. The van der Waals surface area contributed by atoms with E-state index in [9.17, 15) is 14.7 Å². The van der Waals surface area contributed by atoms with Gasteiger partial charge < -0.3 is 10.4 Å². The van der Waals surface area contributed by atoms with Gasteiger partial charge in [-0.25, -0.2) is 4.68 Å². The molecule has 132 valence electrons. The number of carbonyl (C=O) groups is 2. The lowest BCUT2D eigenvalue weighted by molar-refractivity contribution is -0.150. The first-order valence-corrected chi connectivity index (χ1v) is 8.58. The Labute approximate surface area is 150 Å². The summed E-state index contributed by atoms with van der Waals surface area (Å²) in [4.78, 5) is 24.0. The Kier molecular flexibility index (Phi) is 5.03. The van der Waals surface area contributed by atoms with E-state index in [4.69, 9.17) is 11.6 Å². The van der Waals surface area contributed by atoms with Crippen LogP contribution in [-0.2, 0) is 4.79 Å². The van der Waals surface area contributed by atoms with E-state index in [1.807, 2.05) is 6.07 Å². The second kappa shape index (κ2) is 7.23. The van der Waals surface area contributed by atoms with Crippen molar-refractivity contribution in [3.8, 4) is 5.69 Å². The first-order valence-electron chi connectivity index (χ1n) is 8.21. The number of nitrogens with one attached hydrogen (secondary N) is 1. The molecule has 1 saturated carbocycles. The summed E-state index contributed by atoms with van der Waals surface area (Å²) >= 11 is 6.11. The second-order valence-electron chi connectivity index (χ2n) is 6.33. The highest BCUT2D eigenvalue weighted by Crippen LogP contribution is 2.36. The molecule has 7 nitrogen and oxygen atoms in total. The lowest BCUT2D eigenvalue weighted by Crippen LogP contribution is -2.44. The zero-order valence-corrected chi connectivity index (χ0v) is 14.4. The first kappa shape index (κ1) is 17.4. The number of benzene rings is 1. The number of aromatic nitrogens is 3. The number of hydrogen-bond donors (Lipinski definition) is 2. The normalized spacial score (nSPS) is 16.4. The summed E-state index contributed by atoms with van der Waals surface area (Å²) < 4.78 is 1.42. The summed E-state index contributed by atoms with van der Waals surface area (Å²) in [6, 6.07) is 7.09. The van der Waals surface area contributed by atoms with Crippen LogP contribution in [0.2, 0.25) is 5.02 Å². The number of halogens is 1. The summed E-state index contributed by atoms with van der Waals surface area (Å²) in [5.41, 5.74) is -0.145. The van der Waals surface area contributed by atoms with E-state index >= 15 is 0 Å². The van der Waals surface area contributed by atoms with Crippen molar-refractivity contribution in [2.45, 2.75) is 32.1 Å². The van der Waals surface area contributed by atoms with E-state index in [2.05, 4.69) is 15.6 Å². The van der Waals surface area contributed by atoms with Crippen LogP contribution in [-0.4, -0.2) is 38.5 Å². The minimum Gasteiger partial charge on any atom is -0.481 e. The zero-order valence-electron chi connectivity index (χ0n) is 13.6. The number of rotatable bonds is 5. The predicted octanol–water partition coefficient (Wildman–Crippen LogP) is 2.69. The molecular weight excluding hydrogens is 344 g/mol. The highest BCUT2D eigenvalue weighted by molar-refractivity contribution is 6.32. The summed E-state index contributed by atoms with van der Waals surface area (Å²) in [6.45, 7) is 0.0973. The SMILES string of the molecule is O=C(NCC1(C(=O)O)CCCCC1)c1cn(-c2ccccc2Cl)nn1. The lowest BCUT2D eigenvalue weighted by atomic mass is 9.74. The van der Waals surface area contributed by atoms with Crippen molar-refractivity contribution in [3.05, 3.63) is 41.2 Å².